The fourth-order valence-electron chi connectivity index (χ4n) is 5.13. The van der Waals surface area contributed by atoms with Gasteiger partial charge in [-0.25, -0.2) is 4.98 Å². The molecular formula is C21H27N3. The number of allylic oxidation sites excluding steroid dienone is 2. The second-order valence-corrected chi connectivity index (χ2v) is 8.07. The van der Waals surface area contributed by atoms with E-state index in [9.17, 15) is 0 Å². The van der Waals surface area contributed by atoms with Crippen LogP contribution >= 0.6 is 0 Å². The van der Waals surface area contributed by atoms with Gasteiger partial charge in [0.1, 0.15) is 0 Å². The van der Waals surface area contributed by atoms with Crippen molar-refractivity contribution < 1.29 is 0 Å². The molecule has 0 aliphatic heterocycles. The summed E-state index contributed by atoms with van der Waals surface area (Å²) in [5, 5.41) is 0. The van der Waals surface area contributed by atoms with Crippen molar-refractivity contribution in [1.29, 1.82) is 0 Å². The Morgan fingerprint density at radius 1 is 1.00 bits per heavy atom. The highest BCUT2D eigenvalue weighted by atomic mass is 15.0. The zero-order chi connectivity index (χ0) is 15.9. The minimum Gasteiger partial charge on any atom is -0.297 e. The first-order valence-electron chi connectivity index (χ1n) is 9.95. The third-order valence-electron chi connectivity index (χ3n) is 6.45. The van der Waals surface area contributed by atoms with Crippen LogP contribution in [0.15, 0.2) is 18.5 Å². The van der Waals surface area contributed by atoms with Gasteiger partial charge in [-0.3, -0.25) is 9.38 Å². The molecule has 3 aliphatic rings. The lowest BCUT2D eigenvalue weighted by atomic mass is 9.87. The van der Waals surface area contributed by atoms with Gasteiger partial charge in [-0.15, -0.1) is 0 Å². The molecule has 0 saturated heterocycles. The second-order valence-electron chi connectivity index (χ2n) is 8.07. The third-order valence-corrected chi connectivity index (χ3v) is 6.45. The van der Waals surface area contributed by atoms with E-state index in [0.717, 1.165) is 18.0 Å². The van der Waals surface area contributed by atoms with Crippen LogP contribution in [0.5, 0.6) is 0 Å². The molecule has 0 atom stereocenters. The molecule has 0 radical (unpaired) electrons. The molecule has 126 valence electrons. The normalized spacial score (nSPS) is 22.2. The van der Waals surface area contributed by atoms with E-state index in [1.165, 1.54) is 86.9 Å². The zero-order valence-electron chi connectivity index (χ0n) is 14.5. The number of nitrogens with zero attached hydrogens (tertiary/aromatic N) is 3. The molecule has 0 bridgehead atoms. The van der Waals surface area contributed by atoms with E-state index < -0.39 is 0 Å². The van der Waals surface area contributed by atoms with Gasteiger partial charge in [0.05, 0.1) is 23.3 Å². The summed E-state index contributed by atoms with van der Waals surface area (Å²) >= 11 is 0. The average molecular weight is 321 g/mol. The summed E-state index contributed by atoms with van der Waals surface area (Å²) in [4.78, 5) is 9.69. The van der Waals surface area contributed by atoms with Gasteiger partial charge in [0.25, 0.3) is 0 Å². The summed E-state index contributed by atoms with van der Waals surface area (Å²) in [6.45, 7) is 0. The van der Waals surface area contributed by atoms with Gasteiger partial charge in [0.15, 0.2) is 5.65 Å². The summed E-state index contributed by atoms with van der Waals surface area (Å²) in [6.07, 6.45) is 21.4. The van der Waals surface area contributed by atoms with E-state index >= 15 is 0 Å². The highest BCUT2D eigenvalue weighted by molar-refractivity contribution is 5.71. The SMILES string of the molecule is C1=C(CC2CCCC2)c2c(ncc3nc(C4CCCCC4)cn23)C1. The molecule has 0 unspecified atom stereocenters. The Bertz CT molecular complexity index is 774. The molecule has 2 heterocycles. The number of hydrogen-bond acceptors (Lipinski definition) is 2. The molecule has 2 aromatic heterocycles. The van der Waals surface area contributed by atoms with Crippen LogP contribution in [-0.2, 0) is 6.42 Å². The lowest BCUT2D eigenvalue weighted by molar-refractivity contribution is 0.438. The Balaban J connectivity index is 1.50. The monoisotopic (exact) mass is 321 g/mol. The molecule has 0 amide bonds. The van der Waals surface area contributed by atoms with E-state index in [1.54, 1.807) is 0 Å². The predicted octanol–water partition coefficient (Wildman–Crippen LogP) is 5.30. The van der Waals surface area contributed by atoms with E-state index in [1.807, 2.05) is 6.20 Å². The van der Waals surface area contributed by atoms with Crippen LogP contribution in [0.25, 0.3) is 11.2 Å². The summed E-state index contributed by atoms with van der Waals surface area (Å²) in [7, 11) is 0. The Hall–Kier alpha value is -1.64. The fraction of sp³-hybridized carbons (Fsp3) is 0.619. The van der Waals surface area contributed by atoms with Crippen LogP contribution in [0.4, 0.5) is 0 Å². The first kappa shape index (κ1) is 14.7. The molecule has 24 heavy (non-hydrogen) atoms. The number of fused-ring (bicyclic) bond motifs is 3. The summed E-state index contributed by atoms with van der Waals surface area (Å²) in [6, 6.07) is 0. The van der Waals surface area contributed by atoms with Gasteiger partial charge < -0.3 is 0 Å². The topological polar surface area (TPSA) is 30.2 Å². The maximum atomic E-state index is 4.95. The maximum absolute atomic E-state index is 4.95. The average Bonchev–Trinajstić information content (AvgIpc) is 3.34. The Kier molecular flexibility index (Phi) is 3.68. The van der Waals surface area contributed by atoms with Gasteiger partial charge in [0.2, 0.25) is 0 Å². The molecule has 3 nitrogen and oxygen atoms in total. The van der Waals surface area contributed by atoms with Crippen molar-refractivity contribution in [3.63, 3.8) is 0 Å². The van der Waals surface area contributed by atoms with Crippen LogP contribution in [0.3, 0.4) is 0 Å². The molecular weight excluding hydrogens is 294 g/mol. The molecule has 0 spiro atoms. The smallest absolute Gasteiger partial charge is 0.156 e. The number of imidazole rings is 1. The van der Waals surface area contributed by atoms with Crippen molar-refractivity contribution in [3.8, 4) is 0 Å². The van der Waals surface area contributed by atoms with Gasteiger partial charge in [-0.05, 0) is 30.8 Å². The van der Waals surface area contributed by atoms with Crippen molar-refractivity contribution in [2.75, 3.05) is 0 Å². The van der Waals surface area contributed by atoms with Gasteiger partial charge in [-0.1, -0.05) is 51.0 Å². The highest BCUT2D eigenvalue weighted by Gasteiger charge is 2.25. The third kappa shape index (κ3) is 2.49. The van der Waals surface area contributed by atoms with Crippen LogP contribution < -0.4 is 0 Å². The van der Waals surface area contributed by atoms with E-state index in [2.05, 4.69) is 16.7 Å². The number of aromatic nitrogens is 3. The zero-order valence-corrected chi connectivity index (χ0v) is 14.5. The van der Waals surface area contributed by atoms with Crippen molar-refractivity contribution in [1.82, 2.24) is 14.4 Å². The summed E-state index contributed by atoms with van der Waals surface area (Å²) < 4.78 is 2.36. The van der Waals surface area contributed by atoms with Crippen molar-refractivity contribution >= 4 is 11.2 Å². The molecule has 2 saturated carbocycles. The quantitative estimate of drug-likeness (QED) is 0.768. The van der Waals surface area contributed by atoms with Crippen LogP contribution in [0.1, 0.15) is 87.2 Å². The summed E-state index contributed by atoms with van der Waals surface area (Å²) in [5.41, 5.74) is 6.50. The number of rotatable bonds is 3. The standard InChI is InChI=1S/C21H27N3/c1-2-8-16(9-3-1)19-14-24-20(23-19)13-22-18-11-10-17(21(18)24)12-15-6-4-5-7-15/h10,13-16H,1-9,11-12H2. The Morgan fingerprint density at radius 3 is 2.62 bits per heavy atom. The Labute approximate surface area is 144 Å². The molecule has 0 N–H and O–H groups in total. The summed E-state index contributed by atoms with van der Waals surface area (Å²) in [5.74, 6) is 1.55. The molecule has 5 rings (SSSR count). The van der Waals surface area contributed by atoms with Crippen molar-refractivity contribution in [2.24, 2.45) is 5.92 Å². The highest BCUT2D eigenvalue weighted by Crippen LogP contribution is 2.38. The van der Waals surface area contributed by atoms with E-state index in [0.29, 0.717) is 5.92 Å². The van der Waals surface area contributed by atoms with E-state index in [4.69, 9.17) is 9.97 Å². The van der Waals surface area contributed by atoms with Crippen LogP contribution in [0, 0.1) is 5.92 Å². The minimum atomic E-state index is 0.665. The van der Waals surface area contributed by atoms with Gasteiger partial charge in [-0.2, -0.15) is 0 Å². The maximum Gasteiger partial charge on any atom is 0.156 e. The van der Waals surface area contributed by atoms with Gasteiger partial charge in [0, 0.05) is 18.5 Å². The molecule has 2 aromatic rings. The predicted molar refractivity (Wildman–Crippen MR) is 97.1 cm³/mol. The lowest BCUT2D eigenvalue weighted by Gasteiger charge is -2.19. The minimum absolute atomic E-state index is 0.665. The largest absolute Gasteiger partial charge is 0.297 e. The van der Waals surface area contributed by atoms with Crippen molar-refractivity contribution in [2.45, 2.75) is 76.5 Å². The Morgan fingerprint density at radius 2 is 1.79 bits per heavy atom. The molecule has 2 fully saturated rings. The number of hydrogen-bond donors (Lipinski definition) is 0. The first-order chi connectivity index (χ1) is 11.9. The lowest BCUT2D eigenvalue weighted by Crippen LogP contribution is -2.04. The van der Waals surface area contributed by atoms with Crippen LogP contribution in [0.2, 0.25) is 0 Å². The van der Waals surface area contributed by atoms with Gasteiger partial charge >= 0.3 is 0 Å². The van der Waals surface area contributed by atoms with Crippen molar-refractivity contribution in [3.05, 3.63) is 35.6 Å². The molecule has 0 aromatic carbocycles. The fourth-order valence-corrected chi connectivity index (χ4v) is 5.13. The van der Waals surface area contributed by atoms with E-state index in [-0.39, 0.29) is 0 Å². The molecule has 3 aliphatic carbocycles. The van der Waals surface area contributed by atoms with Crippen LogP contribution in [-0.4, -0.2) is 14.4 Å². The first-order valence-corrected chi connectivity index (χ1v) is 9.95. The molecule has 3 heteroatoms. The second kappa shape index (κ2) is 6.02.